The molecule has 5 heteroatoms. The standard InChI is InChI=1S/C15H17N3OS/c1-10(16)14-4-3-9-17-15(14)20-13-7-5-12(6-8-13)18-11(2)19/h3-10H,16H2,1-2H3,(H,18,19). The zero-order chi connectivity index (χ0) is 14.5. The summed E-state index contributed by atoms with van der Waals surface area (Å²) in [4.78, 5) is 16.4. The molecule has 1 amide bonds. The van der Waals surface area contributed by atoms with E-state index in [9.17, 15) is 4.79 Å². The number of hydrogen-bond donors (Lipinski definition) is 2. The van der Waals surface area contributed by atoms with Crippen LogP contribution in [-0.4, -0.2) is 10.9 Å². The fraction of sp³-hybridized carbons (Fsp3) is 0.200. The molecule has 0 saturated carbocycles. The van der Waals surface area contributed by atoms with Gasteiger partial charge in [0.15, 0.2) is 0 Å². The minimum absolute atomic E-state index is 0.0511. The third-order valence-electron chi connectivity index (χ3n) is 2.68. The van der Waals surface area contributed by atoms with Gasteiger partial charge in [0.05, 0.1) is 0 Å². The topological polar surface area (TPSA) is 68.0 Å². The maximum atomic E-state index is 11.0. The van der Waals surface area contributed by atoms with Gasteiger partial charge >= 0.3 is 0 Å². The molecule has 0 aliphatic heterocycles. The molecule has 0 saturated heterocycles. The molecular weight excluding hydrogens is 270 g/mol. The van der Waals surface area contributed by atoms with Crippen molar-refractivity contribution in [3.8, 4) is 0 Å². The molecule has 1 atom stereocenters. The lowest BCUT2D eigenvalue weighted by atomic mass is 10.2. The summed E-state index contributed by atoms with van der Waals surface area (Å²) in [5, 5.41) is 3.65. The molecule has 2 rings (SSSR count). The first-order chi connectivity index (χ1) is 9.56. The van der Waals surface area contributed by atoms with Gasteiger partial charge in [-0.15, -0.1) is 0 Å². The quantitative estimate of drug-likeness (QED) is 0.906. The highest BCUT2D eigenvalue weighted by Crippen LogP contribution is 2.31. The van der Waals surface area contributed by atoms with E-state index < -0.39 is 0 Å². The van der Waals surface area contributed by atoms with E-state index in [-0.39, 0.29) is 11.9 Å². The van der Waals surface area contributed by atoms with Crippen LogP contribution in [0.25, 0.3) is 0 Å². The predicted molar refractivity (Wildman–Crippen MR) is 81.7 cm³/mol. The van der Waals surface area contributed by atoms with Gasteiger partial charge in [0.2, 0.25) is 5.91 Å². The summed E-state index contributed by atoms with van der Waals surface area (Å²) >= 11 is 1.57. The zero-order valence-electron chi connectivity index (χ0n) is 11.5. The van der Waals surface area contributed by atoms with Crippen molar-refractivity contribution in [3.05, 3.63) is 48.2 Å². The van der Waals surface area contributed by atoms with E-state index in [1.54, 1.807) is 18.0 Å². The largest absolute Gasteiger partial charge is 0.326 e. The van der Waals surface area contributed by atoms with Gasteiger partial charge in [0, 0.05) is 35.3 Å². The van der Waals surface area contributed by atoms with Crippen LogP contribution in [-0.2, 0) is 4.79 Å². The number of pyridine rings is 1. The van der Waals surface area contributed by atoms with Crippen LogP contribution in [0.1, 0.15) is 25.5 Å². The van der Waals surface area contributed by atoms with Crippen LogP contribution in [0.2, 0.25) is 0 Å². The molecule has 1 unspecified atom stereocenters. The van der Waals surface area contributed by atoms with Gasteiger partial charge in [-0.3, -0.25) is 4.79 Å². The number of nitrogens with zero attached hydrogens (tertiary/aromatic N) is 1. The van der Waals surface area contributed by atoms with Gasteiger partial charge in [-0.2, -0.15) is 0 Å². The van der Waals surface area contributed by atoms with Crippen LogP contribution >= 0.6 is 11.8 Å². The van der Waals surface area contributed by atoms with Crippen molar-refractivity contribution in [1.29, 1.82) is 0 Å². The van der Waals surface area contributed by atoms with E-state index in [1.165, 1.54) is 6.92 Å². The number of benzene rings is 1. The van der Waals surface area contributed by atoms with Crippen molar-refractivity contribution in [1.82, 2.24) is 4.98 Å². The fourth-order valence-corrected chi connectivity index (χ4v) is 2.74. The average molecular weight is 287 g/mol. The number of nitrogens with two attached hydrogens (primary N) is 1. The van der Waals surface area contributed by atoms with Crippen LogP contribution < -0.4 is 11.1 Å². The first-order valence-corrected chi connectivity index (χ1v) is 7.14. The lowest BCUT2D eigenvalue weighted by Crippen LogP contribution is -2.07. The van der Waals surface area contributed by atoms with Crippen molar-refractivity contribution < 1.29 is 4.79 Å². The summed E-state index contributed by atoms with van der Waals surface area (Å²) in [5.74, 6) is -0.0747. The molecule has 0 bridgehead atoms. The highest BCUT2D eigenvalue weighted by molar-refractivity contribution is 7.99. The molecule has 104 valence electrons. The normalized spacial score (nSPS) is 11.9. The minimum atomic E-state index is -0.0747. The summed E-state index contributed by atoms with van der Waals surface area (Å²) in [6.45, 7) is 3.44. The van der Waals surface area contributed by atoms with Crippen molar-refractivity contribution >= 4 is 23.4 Å². The van der Waals surface area contributed by atoms with Crippen molar-refractivity contribution in [2.24, 2.45) is 5.73 Å². The molecule has 1 aromatic heterocycles. The number of carbonyl (C=O) groups excluding carboxylic acids is 1. The van der Waals surface area contributed by atoms with E-state index in [4.69, 9.17) is 5.73 Å². The SMILES string of the molecule is CC(=O)Nc1ccc(Sc2ncccc2C(C)N)cc1. The summed E-state index contributed by atoms with van der Waals surface area (Å²) in [6.07, 6.45) is 1.76. The number of hydrogen-bond acceptors (Lipinski definition) is 4. The van der Waals surface area contributed by atoms with Crippen LogP contribution in [0, 0.1) is 0 Å². The Bertz CT molecular complexity index is 596. The molecule has 0 aliphatic carbocycles. The summed E-state index contributed by atoms with van der Waals surface area (Å²) in [5.41, 5.74) is 7.76. The van der Waals surface area contributed by atoms with E-state index in [0.29, 0.717) is 0 Å². The summed E-state index contributed by atoms with van der Waals surface area (Å²) < 4.78 is 0. The van der Waals surface area contributed by atoms with E-state index in [2.05, 4.69) is 10.3 Å². The van der Waals surface area contributed by atoms with E-state index in [1.807, 2.05) is 43.3 Å². The maximum Gasteiger partial charge on any atom is 0.221 e. The first-order valence-electron chi connectivity index (χ1n) is 6.32. The van der Waals surface area contributed by atoms with E-state index in [0.717, 1.165) is 21.2 Å². The second-order valence-electron chi connectivity index (χ2n) is 4.49. The second kappa shape index (κ2) is 6.54. The van der Waals surface area contributed by atoms with Gasteiger partial charge in [-0.25, -0.2) is 4.98 Å². The molecule has 0 radical (unpaired) electrons. The van der Waals surface area contributed by atoms with Crippen LogP contribution in [0.15, 0.2) is 52.5 Å². The van der Waals surface area contributed by atoms with Gasteiger partial charge in [0.1, 0.15) is 5.03 Å². The Hall–Kier alpha value is -1.85. The highest BCUT2D eigenvalue weighted by atomic mass is 32.2. The number of amides is 1. The van der Waals surface area contributed by atoms with Gasteiger partial charge < -0.3 is 11.1 Å². The van der Waals surface area contributed by atoms with Crippen LogP contribution in [0.4, 0.5) is 5.69 Å². The molecule has 2 aromatic rings. The number of aromatic nitrogens is 1. The van der Waals surface area contributed by atoms with E-state index >= 15 is 0 Å². The molecule has 4 nitrogen and oxygen atoms in total. The second-order valence-corrected chi connectivity index (χ2v) is 5.56. The molecule has 0 aliphatic rings. The fourth-order valence-electron chi connectivity index (χ4n) is 1.76. The Morgan fingerprint density at radius 3 is 2.60 bits per heavy atom. The third-order valence-corrected chi connectivity index (χ3v) is 3.72. The third kappa shape index (κ3) is 3.82. The zero-order valence-corrected chi connectivity index (χ0v) is 12.3. The molecule has 0 fully saturated rings. The number of nitrogens with one attached hydrogen (secondary N) is 1. The number of rotatable bonds is 4. The number of carbonyl (C=O) groups is 1. The van der Waals surface area contributed by atoms with Crippen molar-refractivity contribution in [2.75, 3.05) is 5.32 Å². The Balaban J connectivity index is 2.16. The average Bonchev–Trinajstić information content (AvgIpc) is 2.41. The Morgan fingerprint density at radius 2 is 2.00 bits per heavy atom. The van der Waals surface area contributed by atoms with Crippen molar-refractivity contribution in [2.45, 2.75) is 29.8 Å². The maximum absolute atomic E-state index is 11.0. The Kier molecular flexibility index (Phi) is 4.76. The lowest BCUT2D eigenvalue weighted by Gasteiger charge is -2.11. The Morgan fingerprint density at radius 1 is 1.30 bits per heavy atom. The van der Waals surface area contributed by atoms with Gasteiger partial charge in [0.25, 0.3) is 0 Å². The molecule has 20 heavy (non-hydrogen) atoms. The molecule has 3 N–H and O–H groups in total. The summed E-state index contributed by atoms with van der Waals surface area (Å²) in [7, 11) is 0. The van der Waals surface area contributed by atoms with Crippen molar-refractivity contribution in [3.63, 3.8) is 0 Å². The monoisotopic (exact) mass is 287 g/mol. The Labute approximate surface area is 122 Å². The predicted octanol–water partition coefficient (Wildman–Crippen LogP) is 3.21. The van der Waals surface area contributed by atoms with Crippen LogP contribution in [0.5, 0.6) is 0 Å². The van der Waals surface area contributed by atoms with Crippen LogP contribution in [0.3, 0.4) is 0 Å². The first kappa shape index (κ1) is 14.6. The number of anilines is 1. The molecule has 1 heterocycles. The van der Waals surface area contributed by atoms with Gasteiger partial charge in [-0.05, 0) is 37.3 Å². The smallest absolute Gasteiger partial charge is 0.221 e. The molecule has 0 spiro atoms. The lowest BCUT2D eigenvalue weighted by molar-refractivity contribution is -0.114. The minimum Gasteiger partial charge on any atom is -0.326 e. The summed E-state index contributed by atoms with van der Waals surface area (Å²) in [6, 6.07) is 11.5. The molecule has 1 aromatic carbocycles. The highest BCUT2D eigenvalue weighted by Gasteiger charge is 2.09. The van der Waals surface area contributed by atoms with Gasteiger partial charge in [-0.1, -0.05) is 17.8 Å². The molecular formula is C15H17N3OS.